The number of halogens is 1. The van der Waals surface area contributed by atoms with Gasteiger partial charge in [0.25, 0.3) is 0 Å². The largest absolute Gasteiger partial charge is 0.324 e. The van der Waals surface area contributed by atoms with Gasteiger partial charge in [0.2, 0.25) is 5.91 Å². The Balaban J connectivity index is 3.00. The highest BCUT2D eigenvalue weighted by Crippen LogP contribution is 2.16. The minimum Gasteiger partial charge on any atom is -0.324 e. The van der Waals surface area contributed by atoms with Crippen LogP contribution in [0.2, 0.25) is 0 Å². The van der Waals surface area contributed by atoms with Crippen LogP contribution in [0.3, 0.4) is 0 Å². The van der Waals surface area contributed by atoms with Crippen LogP contribution in [0.4, 0.5) is 10.1 Å². The van der Waals surface area contributed by atoms with Crippen LogP contribution in [0, 0.1) is 12.7 Å². The number of amides is 1. The molecule has 2 nitrogen and oxygen atoms in total. The van der Waals surface area contributed by atoms with E-state index in [-0.39, 0.29) is 17.4 Å². The van der Waals surface area contributed by atoms with E-state index in [0.29, 0.717) is 5.56 Å². The highest BCUT2D eigenvalue weighted by Gasteiger charge is 2.04. The maximum Gasteiger partial charge on any atom is 0.221 e. The zero-order chi connectivity index (χ0) is 9.14. The van der Waals surface area contributed by atoms with Crippen LogP contribution in [-0.4, -0.2) is 5.91 Å². The number of rotatable bonds is 1. The molecule has 0 aliphatic rings. The second-order valence-corrected chi connectivity index (χ2v) is 2.62. The van der Waals surface area contributed by atoms with E-state index in [9.17, 15) is 9.18 Å². The number of aryl methyl sites for hydroxylation is 1. The molecule has 0 aliphatic heterocycles. The van der Waals surface area contributed by atoms with E-state index in [0.717, 1.165) is 0 Å². The van der Waals surface area contributed by atoms with Gasteiger partial charge in [0.05, 0.1) is 5.69 Å². The van der Waals surface area contributed by atoms with E-state index in [1.807, 2.05) is 0 Å². The standard InChI is InChI=1S/C9H10FNO/c1-6-4-3-5-8(9(6)10)11-7(2)12/h3-5H,1-2H3,(H,11,12). The van der Waals surface area contributed by atoms with Crippen molar-refractivity contribution in [3.05, 3.63) is 29.6 Å². The highest BCUT2D eigenvalue weighted by atomic mass is 19.1. The number of hydrogen-bond donors (Lipinski definition) is 1. The Labute approximate surface area is 70.4 Å². The molecule has 0 aliphatic carbocycles. The van der Waals surface area contributed by atoms with Crippen molar-refractivity contribution in [3.63, 3.8) is 0 Å². The summed E-state index contributed by atoms with van der Waals surface area (Å²) in [6, 6.07) is 4.88. The van der Waals surface area contributed by atoms with Gasteiger partial charge in [-0.15, -0.1) is 0 Å². The Morgan fingerprint density at radius 2 is 2.17 bits per heavy atom. The fourth-order valence-corrected chi connectivity index (χ4v) is 0.934. The van der Waals surface area contributed by atoms with Crippen LogP contribution in [0.25, 0.3) is 0 Å². The summed E-state index contributed by atoms with van der Waals surface area (Å²) >= 11 is 0. The third kappa shape index (κ3) is 1.81. The first-order chi connectivity index (χ1) is 5.61. The second kappa shape index (κ2) is 3.34. The van der Waals surface area contributed by atoms with Crippen molar-refractivity contribution >= 4 is 11.6 Å². The smallest absolute Gasteiger partial charge is 0.221 e. The SMILES string of the molecule is CC(=O)Nc1cccc(C)c1F. The predicted molar refractivity (Wildman–Crippen MR) is 45.4 cm³/mol. The molecule has 0 saturated heterocycles. The fourth-order valence-electron chi connectivity index (χ4n) is 0.934. The number of nitrogens with one attached hydrogen (secondary N) is 1. The lowest BCUT2D eigenvalue weighted by molar-refractivity contribution is -0.114. The molecule has 0 atom stereocenters. The molecule has 0 saturated carbocycles. The second-order valence-electron chi connectivity index (χ2n) is 2.62. The average Bonchev–Trinajstić information content (AvgIpc) is 1.98. The molecular weight excluding hydrogens is 157 g/mol. The minimum atomic E-state index is -0.368. The molecule has 0 fully saturated rings. The quantitative estimate of drug-likeness (QED) is 0.681. The van der Waals surface area contributed by atoms with Crippen LogP contribution in [0.1, 0.15) is 12.5 Å². The summed E-state index contributed by atoms with van der Waals surface area (Å²) in [5, 5.41) is 2.40. The third-order valence-electron chi connectivity index (χ3n) is 1.50. The van der Waals surface area contributed by atoms with Gasteiger partial charge >= 0.3 is 0 Å². The number of carbonyl (C=O) groups excluding carboxylic acids is 1. The molecule has 1 aromatic carbocycles. The Hall–Kier alpha value is -1.38. The van der Waals surface area contributed by atoms with E-state index >= 15 is 0 Å². The van der Waals surface area contributed by atoms with Gasteiger partial charge in [-0.2, -0.15) is 0 Å². The summed E-state index contributed by atoms with van der Waals surface area (Å²) in [7, 11) is 0. The molecular formula is C9H10FNO. The van der Waals surface area contributed by atoms with Gasteiger partial charge in [-0.25, -0.2) is 4.39 Å². The van der Waals surface area contributed by atoms with Crippen LogP contribution in [0.5, 0.6) is 0 Å². The molecule has 0 heterocycles. The van der Waals surface area contributed by atoms with Crippen LogP contribution >= 0.6 is 0 Å². The molecule has 0 bridgehead atoms. The first-order valence-corrected chi connectivity index (χ1v) is 3.64. The number of hydrogen-bond acceptors (Lipinski definition) is 1. The molecule has 64 valence electrons. The van der Waals surface area contributed by atoms with Crippen LogP contribution in [0.15, 0.2) is 18.2 Å². The molecule has 0 aromatic heterocycles. The summed E-state index contributed by atoms with van der Waals surface area (Å²) in [6.45, 7) is 3.00. The Kier molecular flexibility index (Phi) is 2.43. The molecule has 0 spiro atoms. The molecule has 1 amide bonds. The normalized spacial score (nSPS) is 9.58. The van der Waals surface area contributed by atoms with E-state index in [4.69, 9.17) is 0 Å². The topological polar surface area (TPSA) is 29.1 Å². The van der Waals surface area contributed by atoms with Crippen molar-refractivity contribution in [2.45, 2.75) is 13.8 Å². The zero-order valence-electron chi connectivity index (χ0n) is 7.02. The van der Waals surface area contributed by atoms with Crippen LogP contribution in [-0.2, 0) is 4.79 Å². The number of carbonyl (C=O) groups is 1. The predicted octanol–water partition coefficient (Wildman–Crippen LogP) is 2.09. The van der Waals surface area contributed by atoms with Crippen molar-refractivity contribution in [2.75, 3.05) is 5.32 Å². The van der Waals surface area contributed by atoms with Crippen LogP contribution < -0.4 is 5.32 Å². The lowest BCUT2D eigenvalue weighted by atomic mass is 10.2. The summed E-state index contributed by atoms with van der Waals surface area (Å²) in [4.78, 5) is 10.6. The first-order valence-electron chi connectivity index (χ1n) is 3.64. The highest BCUT2D eigenvalue weighted by molar-refractivity contribution is 5.88. The van der Waals surface area contributed by atoms with Gasteiger partial charge < -0.3 is 5.32 Å². The average molecular weight is 167 g/mol. The van der Waals surface area contributed by atoms with Gasteiger partial charge in [0.15, 0.2) is 0 Å². The summed E-state index contributed by atoms with van der Waals surface area (Å²) < 4.78 is 13.1. The number of benzene rings is 1. The molecule has 0 radical (unpaired) electrons. The Bertz CT molecular complexity index is 309. The lowest BCUT2D eigenvalue weighted by Gasteiger charge is -2.04. The summed E-state index contributed by atoms with van der Waals surface area (Å²) in [5.74, 6) is -0.632. The minimum absolute atomic E-state index is 0.238. The summed E-state index contributed by atoms with van der Waals surface area (Å²) in [5.41, 5.74) is 0.767. The van der Waals surface area contributed by atoms with E-state index < -0.39 is 0 Å². The van der Waals surface area contributed by atoms with Gasteiger partial charge in [-0.05, 0) is 18.6 Å². The van der Waals surface area contributed by atoms with Crippen molar-refractivity contribution in [1.82, 2.24) is 0 Å². The lowest BCUT2D eigenvalue weighted by Crippen LogP contribution is -2.07. The Morgan fingerprint density at radius 1 is 1.50 bits per heavy atom. The summed E-state index contributed by atoms with van der Waals surface area (Å²) in [6.07, 6.45) is 0. The van der Waals surface area contributed by atoms with E-state index in [2.05, 4.69) is 5.32 Å². The van der Waals surface area contributed by atoms with Gasteiger partial charge in [-0.1, -0.05) is 12.1 Å². The fraction of sp³-hybridized carbons (Fsp3) is 0.222. The van der Waals surface area contributed by atoms with E-state index in [1.165, 1.54) is 13.0 Å². The molecule has 12 heavy (non-hydrogen) atoms. The number of anilines is 1. The molecule has 0 unspecified atom stereocenters. The Morgan fingerprint density at radius 3 is 2.75 bits per heavy atom. The van der Waals surface area contributed by atoms with Gasteiger partial charge in [0, 0.05) is 6.92 Å². The monoisotopic (exact) mass is 167 g/mol. The maximum atomic E-state index is 13.1. The zero-order valence-corrected chi connectivity index (χ0v) is 7.02. The maximum absolute atomic E-state index is 13.1. The van der Waals surface area contributed by atoms with Crippen molar-refractivity contribution < 1.29 is 9.18 Å². The van der Waals surface area contributed by atoms with Crippen molar-refractivity contribution in [3.8, 4) is 0 Å². The molecule has 1 N–H and O–H groups in total. The third-order valence-corrected chi connectivity index (χ3v) is 1.50. The first kappa shape index (κ1) is 8.71. The molecule has 1 rings (SSSR count). The molecule has 3 heteroatoms. The van der Waals surface area contributed by atoms with Gasteiger partial charge in [-0.3, -0.25) is 4.79 Å². The van der Waals surface area contributed by atoms with Crippen molar-refractivity contribution in [2.24, 2.45) is 0 Å². The molecule has 1 aromatic rings. The van der Waals surface area contributed by atoms with Gasteiger partial charge in [0.1, 0.15) is 5.82 Å². The van der Waals surface area contributed by atoms with Crippen molar-refractivity contribution in [1.29, 1.82) is 0 Å². The van der Waals surface area contributed by atoms with E-state index in [1.54, 1.807) is 19.1 Å².